The number of benzene rings is 1. The summed E-state index contributed by atoms with van der Waals surface area (Å²) in [6.45, 7) is 8.24. The van der Waals surface area contributed by atoms with Gasteiger partial charge in [0.1, 0.15) is 0 Å². The van der Waals surface area contributed by atoms with Crippen LogP contribution in [0.15, 0.2) is 24.3 Å². The third-order valence-corrected chi connectivity index (χ3v) is 5.45. The first kappa shape index (κ1) is 23.1. The standard InChI is InChI=1S/C20H31N3O.2ClH/c1-3-5-13-22(4-2)19-10-6-16(7-11-19)20(24)23-14-12-17-8-9-18(15-23)21-17;;/h6-7,10-11,17-18,21H,3-5,8-9,12-15H2,1-2H3;2*1H. The average Bonchev–Trinajstić information content (AvgIpc) is 2.94. The maximum absolute atomic E-state index is 12.8. The molecule has 2 bridgehead atoms. The molecule has 6 heteroatoms. The molecular weight excluding hydrogens is 369 g/mol. The Hall–Kier alpha value is -0.970. The van der Waals surface area contributed by atoms with Crippen LogP contribution in [-0.4, -0.2) is 49.1 Å². The minimum Gasteiger partial charge on any atom is -0.372 e. The first-order valence-corrected chi connectivity index (χ1v) is 9.61. The van der Waals surface area contributed by atoms with Gasteiger partial charge < -0.3 is 15.1 Å². The number of carbonyl (C=O) groups excluding carboxylic acids is 1. The summed E-state index contributed by atoms with van der Waals surface area (Å²) in [6, 6.07) is 9.33. The van der Waals surface area contributed by atoms with Gasteiger partial charge in [-0.25, -0.2) is 0 Å². The number of hydrogen-bond acceptors (Lipinski definition) is 3. The molecule has 2 fully saturated rings. The molecule has 1 N–H and O–H groups in total. The fourth-order valence-corrected chi connectivity index (χ4v) is 3.94. The van der Waals surface area contributed by atoms with Gasteiger partial charge in [-0.05, 0) is 56.9 Å². The van der Waals surface area contributed by atoms with Gasteiger partial charge in [-0.15, -0.1) is 24.8 Å². The summed E-state index contributed by atoms with van der Waals surface area (Å²) < 4.78 is 0. The maximum Gasteiger partial charge on any atom is 0.253 e. The number of amides is 1. The maximum atomic E-state index is 12.8. The zero-order valence-corrected chi connectivity index (χ0v) is 17.6. The summed E-state index contributed by atoms with van der Waals surface area (Å²) in [7, 11) is 0. The quantitative estimate of drug-likeness (QED) is 0.778. The normalized spacial score (nSPS) is 21.4. The summed E-state index contributed by atoms with van der Waals surface area (Å²) in [6.07, 6.45) is 5.97. The van der Waals surface area contributed by atoms with E-state index >= 15 is 0 Å². The van der Waals surface area contributed by atoms with Gasteiger partial charge in [0.2, 0.25) is 0 Å². The van der Waals surface area contributed by atoms with E-state index in [0.29, 0.717) is 12.1 Å². The summed E-state index contributed by atoms with van der Waals surface area (Å²) in [5, 5.41) is 3.64. The van der Waals surface area contributed by atoms with Crippen molar-refractivity contribution < 1.29 is 4.79 Å². The van der Waals surface area contributed by atoms with Crippen molar-refractivity contribution in [2.24, 2.45) is 0 Å². The molecule has 2 heterocycles. The Bertz CT molecular complexity index is 552. The minimum absolute atomic E-state index is 0. The van der Waals surface area contributed by atoms with Gasteiger partial charge in [0, 0.05) is 49.5 Å². The largest absolute Gasteiger partial charge is 0.372 e. The number of fused-ring (bicyclic) bond motifs is 2. The molecule has 1 amide bonds. The number of nitrogens with zero attached hydrogens (tertiary/aromatic N) is 2. The van der Waals surface area contributed by atoms with Crippen LogP contribution < -0.4 is 10.2 Å². The summed E-state index contributed by atoms with van der Waals surface area (Å²) in [5.74, 6) is 0.188. The first-order valence-electron chi connectivity index (χ1n) is 9.61. The van der Waals surface area contributed by atoms with Crippen molar-refractivity contribution in [2.45, 2.75) is 58.0 Å². The van der Waals surface area contributed by atoms with E-state index in [1.54, 1.807) is 0 Å². The van der Waals surface area contributed by atoms with Crippen molar-refractivity contribution in [3.05, 3.63) is 29.8 Å². The summed E-state index contributed by atoms with van der Waals surface area (Å²) >= 11 is 0. The molecule has 4 nitrogen and oxygen atoms in total. The van der Waals surface area contributed by atoms with Crippen LogP contribution in [-0.2, 0) is 0 Å². The van der Waals surface area contributed by atoms with Gasteiger partial charge in [-0.3, -0.25) is 4.79 Å². The molecule has 0 saturated carbocycles. The zero-order chi connectivity index (χ0) is 16.9. The van der Waals surface area contributed by atoms with Gasteiger partial charge in [-0.1, -0.05) is 13.3 Å². The molecule has 0 aliphatic carbocycles. The van der Waals surface area contributed by atoms with Crippen LogP contribution in [0.5, 0.6) is 0 Å². The highest BCUT2D eigenvalue weighted by Crippen LogP contribution is 2.22. The van der Waals surface area contributed by atoms with Gasteiger partial charge in [0.25, 0.3) is 5.91 Å². The number of nitrogens with one attached hydrogen (secondary N) is 1. The van der Waals surface area contributed by atoms with E-state index in [1.165, 1.54) is 31.4 Å². The fourth-order valence-electron chi connectivity index (χ4n) is 3.94. The molecule has 2 saturated heterocycles. The third-order valence-electron chi connectivity index (χ3n) is 5.45. The highest BCUT2D eigenvalue weighted by Gasteiger charge is 2.31. The van der Waals surface area contributed by atoms with Gasteiger partial charge in [0.05, 0.1) is 0 Å². The second-order valence-electron chi connectivity index (χ2n) is 7.16. The first-order chi connectivity index (χ1) is 11.7. The number of carbonyl (C=O) groups is 1. The van der Waals surface area contributed by atoms with Crippen molar-refractivity contribution >= 4 is 36.4 Å². The number of rotatable bonds is 6. The van der Waals surface area contributed by atoms with Crippen LogP contribution in [0.1, 0.15) is 56.3 Å². The number of halogens is 2. The molecule has 3 rings (SSSR count). The Kier molecular flexibility index (Phi) is 9.77. The molecule has 2 aliphatic heterocycles. The highest BCUT2D eigenvalue weighted by molar-refractivity contribution is 5.94. The number of hydrogen-bond donors (Lipinski definition) is 1. The van der Waals surface area contributed by atoms with E-state index in [1.807, 2.05) is 17.0 Å². The van der Waals surface area contributed by atoms with Crippen molar-refractivity contribution in [1.29, 1.82) is 0 Å². The van der Waals surface area contributed by atoms with Gasteiger partial charge in [0.15, 0.2) is 0 Å². The van der Waals surface area contributed by atoms with Crippen LogP contribution in [0.4, 0.5) is 5.69 Å². The molecule has 148 valence electrons. The molecule has 0 spiro atoms. The van der Waals surface area contributed by atoms with Crippen molar-refractivity contribution in [3.63, 3.8) is 0 Å². The topological polar surface area (TPSA) is 35.6 Å². The molecular formula is C20H33Cl2N3O. The van der Waals surface area contributed by atoms with E-state index < -0.39 is 0 Å². The monoisotopic (exact) mass is 401 g/mol. The van der Waals surface area contributed by atoms with Gasteiger partial charge in [-0.2, -0.15) is 0 Å². The average molecular weight is 402 g/mol. The van der Waals surface area contributed by atoms with Crippen LogP contribution in [0.2, 0.25) is 0 Å². The lowest BCUT2D eigenvalue weighted by molar-refractivity contribution is 0.0748. The Morgan fingerprint density at radius 2 is 1.81 bits per heavy atom. The van der Waals surface area contributed by atoms with E-state index in [0.717, 1.165) is 38.2 Å². The fraction of sp³-hybridized carbons (Fsp3) is 0.650. The smallest absolute Gasteiger partial charge is 0.253 e. The predicted octanol–water partition coefficient (Wildman–Crippen LogP) is 4.12. The zero-order valence-electron chi connectivity index (χ0n) is 15.9. The molecule has 26 heavy (non-hydrogen) atoms. The van der Waals surface area contributed by atoms with Crippen LogP contribution in [0.25, 0.3) is 0 Å². The molecule has 2 aliphatic rings. The van der Waals surface area contributed by atoms with Crippen molar-refractivity contribution in [2.75, 3.05) is 31.1 Å². The Balaban J connectivity index is 0.00000169. The Morgan fingerprint density at radius 3 is 2.46 bits per heavy atom. The lowest BCUT2D eigenvalue weighted by atomic mass is 10.1. The van der Waals surface area contributed by atoms with E-state index in [-0.39, 0.29) is 30.7 Å². The van der Waals surface area contributed by atoms with Crippen LogP contribution >= 0.6 is 24.8 Å². The van der Waals surface area contributed by atoms with Crippen molar-refractivity contribution in [1.82, 2.24) is 10.2 Å². The predicted molar refractivity (Wildman–Crippen MR) is 114 cm³/mol. The Morgan fingerprint density at radius 1 is 1.12 bits per heavy atom. The molecule has 0 aromatic heterocycles. The second kappa shape index (κ2) is 11.0. The minimum atomic E-state index is 0. The van der Waals surface area contributed by atoms with Crippen molar-refractivity contribution in [3.8, 4) is 0 Å². The van der Waals surface area contributed by atoms with Crippen LogP contribution in [0.3, 0.4) is 0 Å². The molecule has 1 aromatic rings. The number of anilines is 1. The summed E-state index contributed by atoms with van der Waals surface area (Å²) in [4.78, 5) is 17.3. The SMILES string of the molecule is CCCCN(CC)c1ccc(C(=O)N2CCC3CCC(C2)N3)cc1.Cl.Cl. The molecule has 1 aromatic carbocycles. The van der Waals surface area contributed by atoms with Gasteiger partial charge >= 0.3 is 0 Å². The van der Waals surface area contributed by atoms with E-state index in [4.69, 9.17) is 0 Å². The second-order valence-corrected chi connectivity index (χ2v) is 7.16. The van der Waals surface area contributed by atoms with Crippen LogP contribution in [0, 0.1) is 0 Å². The number of unbranched alkanes of at least 4 members (excludes halogenated alkanes) is 1. The number of likely N-dealkylation sites (tertiary alicyclic amines) is 1. The molecule has 2 atom stereocenters. The van der Waals surface area contributed by atoms with E-state index in [2.05, 4.69) is 36.2 Å². The lowest BCUT2D eigenvalue weighted by Gasteiger charge is -2.25. The molecule has 0 radical (unpaired) electrons. The van der Waals surface area contributed by atoms with E-state index in [9.17, 15) is 4.79 Å². The highest BCUT2D eigenvalue weighted by atomic mass is 35.5. The Labute approximate surface area is 170 Å². The lowest BCUT2D eigenvalue weighted by Crippen LogP contribution is -2.39. The summed E-state index contributed by atoms with van der Waals surface area (Å²) in [5.41, 5.74) is 2.04. The third kappa shape index (κ3) is 5.51. The molecule has 2 unspecified atom stereocenters.